The predicted molar refractivity (Wildman–Crippen MR) is 85.0 cm³/mol. The minimum Gasteiger partial charge on any atom is -0.480 e. The summed E-state index contributed by atoms with van der Waals surface area (Å²) in [6.07, 6.45) is -0.155. The number of carbonyl (C=O) groups excluding carboxylic acids is 1. The third-order valence-electron chi connectivity index (χ3n) is 3.05. The van der Waals surface area contributed by atoms with Gasteiger partial charge >= 0.3 is 5.97 Å². The Kier molecular flexibility index (Phi) is 5.62. The number of carbonyl (C=O) groups is 2. The van der Waals surface area contributed by atoms with Gasteiger partial charge in [0.05, 0.1) is 17.0 Å². The summed E-state index contributed by atoms with van der Waals surface area (Å²) in [5.41, 5.74) is 0.373. The maximum atomic E-state index is 13.3. The molecule has 0 saturated heterocycles. The molecular weight excluding hydrogens is 335 g/mol. The van der Waals surface area contributed by atoms with E-state index in [1.807, 2.05) is 0 Å². The molecule has 0 atom stereocenters. The second-order valence-electron chi connectivity index (χ2n) is 4.97. The summed E-state index contributed by atoms with van der Waals surface area (Å²) in [6.45, 7) is -0.697. The molecule has 0 spiro atoms. The molecule has 0 saturated carbocycles. The highest BCUT2D eigenvalue weighted by atomic mass is 19.1. The molecule has 0 heterocycles. The topological polar surface area (TPSA) is 119 Å². The summed E-state index contributed by atoms with van der Waals surface area (Å²) in [4.78, 5) is 32.8. The van der Waals surface area contributed by atoms with Crippen molar-refractivity contribution in [1.82, 2.24) is 0 Å². The average Bonchev–Trinajstić information content (AvgIpc) is 2.55. The van der Waals surface area contributed by atoms with Crippen molar-refractivity contribution >= 4 is 23.3 Å². The molecule has 0 aliphatic heterocycles. The minimum absolute atomic E-state index is 0.0954. The van der Waals surface area contributed by atoms with E-state index in [1.54, 1.807) is 6.07 Å². The molecule has 2 aromatic carbocycles. The van der Waals surface area contributed by atoms with E-state index in [9.17, 15) is 24.1 Å². The van der Waals surface area contributed by atoms with Gasteiger partial charge in [-0.15, -0.1) is 0 Å². The number of halogens is 1. The largest absolute Gasteiger partial charge is 0.480 e. The van der Waals surface area contributed by atoms with E-state index in [-0.39, 0.29) is 23.5 Å². The molecule has 8 nitrogen and oxygen atoms in total. The van der Waals surface area contributed by atoms with Crippen molar-refractivity contribution in [2.45, 2.75) is 6.42 Å². The molecule has 2 aromatic rings. The van der Waals surface area contributed by atoms with E-state index in [4.69, 9.17) is 9.84 Å². The van der Waals surface area contributed by atoms with Crippen LogP contribution in [-0.4, -0.2) is 28.5 Å². The lowest BCUT2D eigenvalue weighted by molar-refractivity contribution is -0.384. The van der Waals surface area contributed by atoms with E-state index >= 15 is 0 Å². The fourth-order valence-electron chi connectivity index (χ4n) is 2.02. The summed E-state index contributed by atoms with van der Waals surface area (Å²) in [5, 5.41) is 21.8. The number of nitro groups is 1. The first-order chi connectivity index (χ1) is 11.8. The first kappa shape index (κ1) is 17.9. The predicted octanol–water partition coefficient (Wildman–Crippen LogP) is 2.38. The highest BCUT2D eigenvalue weighted by Crippen LogP contribution is 2.26. The number of ether oxygens (including phenoxy) is 1. The fraction of sp³-hybridized carbons (Fsp3) is 0.125. The van der Waals surface area contributed by atoms with Crippen LogP contribution in [0.1, 0.15) is 5.56 Å². The second kappa shape index (κ2) is 7.86. The lowest BCUT2D eigenvalue weighted by Gasteiger charge is -2.11. The number of carboxylic acids is 1. The third-order valence-corrected chi connectivity index (χ3v) is 3.05. The van der Waals surface area contributed by atoms with E-state index in [0.29, 0.717) is 5.56 Å². The van der Waals surface area contributed by atoms with E-state index < -0.39 is 29.2 Å². The Morgan fingerprint density at radius 3 is 2.68 bits per heavy atom. The number of nitrogens with zero attached hydrogens (tertiary/aromatic N) is 1. The van der Waals surface area contributed by atoms with Crippen molar-refractivity contribution in [2.75, 3.05) is 11.9 Å². The van der Waals surface area contributed by atoms with Gasteiger partial charge in [0, 0.05) is 18.2 Å². The summed E-state index contributed by atoms with van der Waals surface area (Å²) in [7, 11) is 0. The lowest BCUT2D eigenvalue weighted by atomic mass is 10.1. The molecular formula is C16H13FN2O6. The number of benzene rings is 2. The SMILES string of the molecule is O=C(O)COc1cc(F)ccc1NC(=O)Cc1cccc([N+](=O)[O-])c1. The van der Waals surface area contributed by atoms with Gasteiger partial charge in [0.1, 0.15) is 11.6 Å². The first-order valence-corrected chi connectivity index (χ1v) is 7.02. The van der Waals surface area contributed by atoms with Gasteiger partial charge in [0.25, 0.3) is 5.69 Å². The number of anilines is 1. The summed E-state index contributed by atoms with van der Waals surface area (Å²) in [6, 6.07) is 8.85. The van der Waals surface area contributed by atoms with Crippen molar-refractivity contribution in [3.63, 3.8) is 0 Å². The molecule has 25 heavy (non-hydrogen) atoms. The van der Waals surface area contributed by atoms with Gasteiger partial charge < -0.3 is 15.2 Å². The lowest BCUT2D eigenvalue weighted by Crippen LogP contribution is -2.16. The summed E-state index contributed by atoms with van der Waals surface area (Å²) < 4.78 is 18.2. The van der Waals surface area contributed by atoms with E-state index in [1.165, 1.54) is 24.3 Å². The summed E-state index contributed by atoms with van der Waals surface area (Å²) >= 11 is 0. The number of hydrogen-bond donors (Lipinski definition) is 2. The van der Waals surface area contributed by atoms with Crippen LogP contribution < -0.4 is 10.1 Å². The number of carboxylic acid groups (broad SMARTS) is 1. The number of amides is 1. The molecule has 1 amide bonds. The molecule has 2 N–H and O–H groups in total. The maximum absolute atomic E-state index is 13.3. The number of nitrogens with one attached hydrogen (secondary N) is 1. The van der Waals surface area contributed by atoms with Crippen molar-refractivity contribution in [3.8, 4) is 5.75 Å². The van der Waals surface area contributed by atoms with Crippen LogP contribution in [0.25, 0.3) is 0 Å². The van der Waals surface area contributed by atoms with Gasteiger partial charge in [-0.3, -0.25) is 14.9 Å². The van der Waals surface area contributed by atoms with Crippen LogP contribution in [0.2, 0.25) is 0 Å². The van der Waals surface area contributed by atoms with Gasteiger partial charge in [0.2, 0.25) is 5.91 Å². The van der Waals surface area contributed by atoms with Gasteiger partial charge in [-0.25, -0.2) is 9.18 Å². The monoisotopic (exact) mass is 348 g/mol. The first-order valence-electron chi connectivity index (χ1n) is 7.02. The molecule has 9 heteroatoms. The molecule has 0 aliphatic rings. The van der Waals surface area contributed by atoms with Crippen LogP contribution in [0.3, 0.4) is 0 Å². The Labute approximate surface area is 141 Å². The molecule has 0 fully saturated rings. The number of rotatable bonds is 7. The van der Waals surface area contributed by atoms with Crippen molar-refractivity contribution in [2.24, 2.45) is 0 Å². The highest BCUT2D eigenvalue weighted by molar-refractivity contribution is 5.93. The zero-order chi connectivity index (χ0) is 18.4. The van der Waals surface area contributed by atoms with Gasteiger partial charge in [-0.05, 0) is 17.7 Å². The number of non-ortho nitro benzene ring substituents is 1. The zero-order valence-corrected chi connectivity index (χ0v) is 12.8. The zero-order valence-electron chi connectivity index (χ0n) is 12.8. The minimum atomic E-state index is -1.25. The number of nitro benzene ring substituents is 1. The Morgan fingerprint density at radius 2 is 2.00 bits per heavy atom. The Morgan fingerprint density at radius 1 is 1.24 bits per heavy atom. The number of hydrogen-bond acceptors (Lipinski definition) is 5. The molecule has 0 radical (unpaired) electrons. The van der Waals surface area contributed by atoms with Crippen molar-refractivity contribution in [1.29, 1.82) is 0 Å². The third kappa shape index (κ3) is 5.27. The molecule has 0 unspecified atom stereocenters. The molecule has 0 aliphatic carbocycles. The smallest absolute Gasteiger partial charge is 0.341 e. The van der Waals surface area contributed by atoms with Crippen LogP contribution in [-0.2, 0) is 16.0 Å². The van der Waals surface area contributed by atoms with E-state index in [2.05, 4.69) is 5.32 Å². The van der Waals surface area contributed by atoms with Gasteiger partial charge in [0.15, 0.2) is 6.61 Å². The number of aliphatic carboxylic acids is 1. The van der Waals surface area contributed by atoms with Gasteiger partial charge in [-0.2, -0.15) is 0 Å². The van der Waals surface area contributed by atoms with Crippen LogP contribution in [0.4, 0.5) is 15.8 Å². The maximum Gasteiger partial charge on any atom is 0.341 e. The standard InChI is InChI=1S/C16H13FN2O6/c17-11-4-5-13(14(8-11)25-9-16(21)22)18-15(20)7-10-2-1-3-12(6-10)19(23)24/h1-6,8H,7,9H2,(H,18,20)(H,21,22). The second-order valence-corrected chi connectivity index (χ2v) is 4.97. The quantitative estimate of drug-likeness (QED) is 0.586. The highest BCUT2D eigenvalue weighted by Gasteiger charge is 2.13. The van der Waals surface area contributed by atoms with Crippen LogP contribution >= 0.6 is 0 Å². The van der Waals surface area contributed by atoms with Crippen LogP contribution in [0, 0.1) is 15.9 Å². The molecule has 2 rings (SSSR count). The molecule has 0 aromatic heterocycles. The Balaban J connectivity index is 2.11. The van der Waals surface area contributed by atoms with Gasteiger partial charge in [-0.1, -0.05) is 12.1 Å². The van der Waals surface area contributed by atoms with Crippen LogP contribution in [0.5, 0.6) is 5.75 Å². The Hall–Kier alpha value is -3.49. The average molecular weight is 348 g/mol. The van der Waals surface area contributed by atoms with E-state index in [0.717, 1.165) is 12.1 Å². The Bertz CT molecular complexity index is 824. The van der Waals surface area contributed by atoms with Crippen LogP contribution in [0.15, 0.2) is 42.5 Å². The molecule has 130 valence electrons. The normalized spacial score (nSPS) is 10.1. The fourth-order valence-corrected chi connectivity index (χ4v) is 2.02. The van der Waals surface area contributed by atoms with Crippen molar-refractivity contribution < 1.29 is 28.7 Å². The molecule has 0 bridgehead atoms. The van der Waals surface area contributed by atoms with Crippen molar-refractivity contribution in [3.05, 3.63) is 64.0 Å². The summed E-state index contributed by atoms with van der Waals surface area (Å²) in [5.74, 6) is -2.56.